The molecule has 0 heterocycles. The van der Waals surface area contributed by atoms with Crippen molar-refractivity contribution in [3.63, 3.8) is 0 Å². The molecule has 120 valence electrons. The van der Waals surface area contributed by atoms with Crippen molar-refractivity contribution in [2.45, 2.75) is 57.5 Å². The van der Waals surface area contributed by atoms with Crippen LogP contribution in [0.15, 0.2) is 24.3 Å². The summed E-state index contributed by atoms with van der Waals surface area (Å²) >= 11 is 6.19. The first-order chi connectivity index (χ1) is 12.5. The number of halogens is 1. The zero-order chi connectivity index (χ0) is 21.8. The number of Topliss-reactive ketones (excluding diaryl/α,β-unsaturated/α-hetero) is 1. The third-order valence-corrected chi connectivity index (χ3v) is 3.30. The minimum Gasteiger partial charge on any atom is -0.444 e. The molecule has 1 N–H and O–H groups in total. The quantitative estimate of drug-likeness (QED) is 0.884. The van der Waals surface area contributed by atoms with Gasteiger partial charge in [-0.1, -0.05) is 29.8 Å². The first kappa shape index (κ1) is 10.3. The zero-order valence-corrected chi connectivity index (χ0v) is 13.4. The number of hydrogen-bond donors (Lipinski definition) is 1. The van der Waals surface area contributed by atoms with E-state index in [1.54, 1.807) is 20.8 Å². The van der Waals surface area contributed by atoms with Gasteiger partial charge in [0.25, 0.3) is 0 Å². The monoisotopic (exact) mass is 329 g/mol. The van der Waals surface area contributed by atoms with E-state index in [4.69, 9.17) is 24.6 Å². The van der Waals surface area contributed by atoms with Gasteiger partial charge >= 0.3 is 6.09 Å². The van der Waals surface area contributed by atoms with Crippen LogP contribution in [0.4, 0.5) is 4.79 Å². The zero-order valence-electron chi connectivity index (χ0n) is 18.6. The predicted octanol–water partition coefficient (Wildman–Crippen LogP) is 4.20. The molecule has 2 rings (SSSR count). The summed E-state index contributed by atoms with van der Waals surface area (Å²) < 4.78 is 54.2. The van der Waals surface area contributed by atoms with Crippen molar-refractivity contribution in [1.82, 2.24) is 5.32 Å². The largest absolute Gasteiger partial charge is 0.444 e. The van der Waals surface area contributed by atoms with E-state index in [0.717, 1.165) is 0 Å². The normalized spacial score (nSPS) is 33.2. The molecule has 0 bridgehead atoms. The molecule has 0 spiro atoms. The van der Waals surface area contributed by atoms with E-state index in [1.807, 2.05) is 0 Å². The van der Waals surface area contributed by atoms with E-state index in [-0.39, 0.29) is 10.6 Å². The van der Waals surface area contributed by atoms with Crippen LogP contribution in [0.2, 0.25) is 5.02 Å². The number of alkyl carbamates (subject to hydrolysis) is 1. The Bertz CT molecular complexity index is 808. The van der Waals surface area contributed by atoms with Gasteiger partial charge in [-0.2, -0.15) is 0 Å². The lowest BCUT2D eigenvalue weighted by Gasteiger charge is -2.37. The van der Waals surface area contributed by atoms with Gasteiger partial charge < -0.3 is 10.1 Å². The molecule has 1 aliphatic rings. The van der Waals surface area contributed by atoms with Crippen LogP contribution >= 0.6 is 11.6 Å². The van der Waals surface area contributed by atoms with Crippen LogP contribution in [0.3, 0.4) is 0 Å². The fraction of sp³-hybridized carbons (Fsp3) is 0.529. The van der Waals surface area contributed by atoms with Crippen molar-refractivity contribution >= 4 is 23.5 Å². The molecule has 5 heteroatoms. The second kappa shape index (κ2) is 6.29. The Morgan fingerprint density at radius 1 is 1.36 bits per heavy atom. The Balaban J connectivity index is 2.77. The molecule has 0 aliphatic heterocycles. The Morgan fingerprint density at radius 3 is 2.68 bits per heavy atom. The predicted molar refractivity (Wildman–Crippen MR) is 86.0 cm³/mol. The number of benzene rings is 1. The van der Waals surface area contributed by atoms with E-state index in [1.165, 1.54) is 24.3 Å². The SMILES string of the molecule is [2H]C1([2H])CC(=O)C(NC(=O)OC(C)(C)C)(c2ccccc2Cl)C([2H])([2H])C1([2H])[2H]. The molecule has 1 atom stereocenters. The molecule has 1 saturated carbocycles. The molecule has 1 aromatic carbocycles. The molecule has 1 amide bonds. The fourth-order valence-electron chi connectivity index (χ4n) is 2.07. The molecule has 1 aromatic rings. The maximum absolute atomic E-state index is 13.1. The summed E-state index contributed by atoms with van der Waals surface area (Å²) in [6.45, 7) is 4.72. The number of hydrogen-bond acceptors (Lipinski definition) is 3. The molecule has 4 nitrogen and oxygen atoms in total. The van der Waals surface area contributed by atoms with Gasteiger partial charge in [0.05, 0.1) is 0 Å². The molecule has 0 radical (unpaired) electrons. The Hall–Kier alpha value is -1.55. The summed E-state index contributed by atoms with van der Waals surface area (Å²) in [6.07, 6.45) is -11.2. The highest BCUT2D eigenvalue weighted by Crippen LogP contribution is 2.38. The van der Waals surface area contributed by atoms with Crippen LogP contribution in [-0.4, -0.2) is 17.5 Å². The third kappa shape index (κ3) is 3.61. The number of ketones is 1. The van der Waals surface area contributed by atoms with Crippen molar-refractivity contribution in [3.8, 4) is 0 Å². The van der Waals surface area contributed by atoms with Crippen molar-refractivity contribution in [2.75, 3.05) is 0 Å². The van der Waals surface area contributed by atoms with Crippen LogP contribution in [0.5, 0.6) is 0 Å². The highest BCUT2D eigenvalue weighted by atomic mass is 35.5. The van der Waals surface area contributed by atoms with Gasteiger partial charge in [-0.25, -0.2) is 4.79 Å². The summed E-state index contributed by atoms with van der Waals surface area (Å²) in [4.78, 5) is 25.6. The summed E-state index contributed by atoms with van der Waals surface area (Å²) in [5.41, 5.74) is -3.72. The first-order valence-corrected chi connectivity index (χ1v) is 7.17. The molecule has 1 fully saturated rings. The summed E-state index contributed by atoms with van der Waals surface area (Å²) in [5.74, 6) is -1.04. The second-order valence-corrected chi connectivity index (χ2v) is 6.29. The third-order valence-electron chi connectivity index (χ3n) is 2.97. The highest BCUT2D eigenvalue weighted by molar-refractivity contribution is 6.31. The van der Waals surface area contributed by atoms with Gasteiger partial charge in [-0.3, -0.25) is 4.79 Å². The van der Waals surface area contributed by atoms with Gasteiger partial charge in [0.15, 0.2) is 5.78 Å². The molecule has 1 unspecified atom stereocenters. The van der Waals surface area contributed by atoms with E-state index in [2.05, 4.69) is 5.32 Å². The van der Waals surface area contributed by atoms with Crippen molar-refractivity contribution in [1.29, 1.82) is 0 Å². The fourth-order valence-corrected chi connectivity index (χ4v) is 2.35. The minimum atomic E-state index is -3.19. The first-order valence-electron chi connectivity index (χ1n) is 9.79. The number of amides is 1. The Kier molecular flexibility index (Phi) is 2.93. The molecule has 22 heavy (non-hydrogen) atoms. The Morgan fingerprint density at radius 2 is 2.05 bits per heavy atom. The standard InChI is InChI=1S/C17H22ClNO3/c1-16(2,3)22-15(21)19-17(11-7-6-10-14(17)20)12-8-4-5-9-13(12)18/h4-5,8-9H,6-7,10-11H2,1-3H3,(H,19,21)/i6D2,7D2,11D2. The van der Waals surface area contributed by atoms with E-state index < -0.39 is 48.6 Å². The lowest BCUT2D eigenvalue weighted by Crippen LogP contribution is -2.54. The van der Waals surface area contributed by atoms with Crippen LogP contribution < -0.4 is 5.32 Å². The second-order valence-electron chi connectivity index (χ2n) is 5.88. The molecule has 0 saturated heterocycles. The molecule has 0 aromatic heterocycles. The topological polar surface area (TPSA) is 55.4 Å². The van der Waals surface area contributed by atoms with Crippen LogP contribution in [0, 0.1) is 0 Å². The summed E-state index contributed by atoms with van der Waals surface area (Å²) in [5, 5.41) is 2.13. The van der Waals surface area contributed by atoms with Crippen LogP contribution in [0.25, 0.3) is 0 Å². The lowest BCUT2D eigenvalue weighted by atomic mass is 9.75. The van der Waals surface area contributed by atoms with Crippen LogP contribution in [0.1, 0.15) is 60.1 Å². The maximum atomic E-state index is 13.1. The van der Waals surface area contributed by atoms with E-state index in [0.29, 0.717) is 0 Å². The highest BCUT2D eigenvalue weighted by Gasteiger charge is 2.44. The van der Waals surface area contributed by atoms with E-state index >= 15 is 0 Å². The summed E-state index contributed by atoms with van der Waals surface area (Å²) in [7, 11) is 0. The van der Waals surface area contributed by atoms with Gasteiger partial charge in [-0.15, -0.1) is 0 Å². The van der Waals surface area contributed by atoms with Gasteiger partial charge in [0.1, 0.15) is 11.1 Å². The number of nitrogens with one attached hydrogen (secondary N) is 1. The van der Waals surface area contributed by atoms with Crippen molar-refractivity contribution < 1.29 is 22.6 Å². The number of rotatable bonds is 2. The van der Waals surface area contributed by atoms with Gasteiger partial charge in [0, 0.05) is 25.2 Å². The maximum Gasteiger partial charge on any atom is 0.408 e. The molecular formula is C17H22ClNO3. The van der Waals surface area contributed by atoms with Gasteiger partial charge in [0.2, 0.25) is 0 Å². The Labute approximate surface area is 144 Å². The smallest absolute Gasteiger partial charge is 0.408 e. The van der Waals surface area contributed by atoms with Crippen molar-refractivity contribution in [2.24, 2.45) is 0 Å². The molecule has 1 aliphatic carbocycles. The van der Waals surface area contributed by atoms with E-state index in [9.17, 15) is 9.59 Å². The van der Waals surface area contributed by atoms with Crippen molar-refractivity contribution in [3.05, 3.63) is 34.9 Å². The average molecular weight is 330 g/mol. The number of carbonyl (C=O) groups excluding carboxylic acids is 2. The van der Waals surface area contributed by atoms with Gasteiger partial charge in [-0.05, 0) is 46.0 Å². The lowest BCUT2D eigenvalue weighted by molar-refractivity contribution is -0.128. The number of carbonyl (C=O) groups is 2. The number of ether oxygens (including phenoxy) is 1. The molecular weight excluding hydrogens is 302 g/mol. The average Bonchev–Trinajstić information content (AvgIpc) is 2.49. The van der Waals surface area contributed by atoms with Crippen LogP contribution in [-0.2, 0) is 15.1 Å². The minimum absolute atomic E-state index is 0.0750. The summed E-state index contributed by atoms with van der Waals surface area (Å²) in [6, 6.07) is 5.66.